The van der Waals surface area contributed by atoms with E-state index in [-0.39, 0.29) is 6.04 Å². The van der Waals surface area contributed by atoms with Gasteiger partial charge in [-0.1, -0.05) is 33.8 Å². The Labute approximate surface area is 115 Å². The topological polar surface area (TPSA) is 48.5 Å². The van der Waals surface area contributed by atoms with Gasteiger partial charge in [0.2, 0.25) is 0 Å². The lowest BCUT2D eigenvalue weighted by molar-refractivity contribution is 0.489. The summed E-state index contributed by atoms with van der Waals surface area (Å²) in [5, 5.41) is 9.38. The fraction of sp³-hybridized carbons (Fsp3) is 0.500. The summed E-state index contributed by atoms with van der Waals surface area (Å²) in [6.07, 6.45) is 2.49. The molecule has 0 aliphatic carbocycles. The summed E-state index contributed by atoms with van der Waals surface area (Å²) >= 11 is 0. The molecular formula is C16H21N3. The number of hydrogen-bond donors (Lipinski definition) is 0. The molecule has 1 heterocycles. The Morgan fingerprint density at radius 2 is 2.26 bits per heavy atom. The Balaban J connectivity index is 3.28. The molecule has 0 saturated heterocycles. The minimum absolute atomic E-state index is 0.181. The number of dihydropyridines is 1. The lowest BCUT2D eigenvalue weighted by Gasteiger charge is -2.25. The van der Waals surface area contributed by atoms with Crippen LogP contribution in [0.2, 0.25) is 0 Å². The quantitative estimate of drug-likeness (QED) is 0.688. The molecule has 0 amide bonds. The minimum Gasteiger partial charge on any atom is -0.285 e. The van der Waals surface area contributed by atoms with Crippen molar-refractivity contribution in [3.63, 3.8) is 0 Å². The van der Waals surface area contributed by atoms with Crippen LogP contribution in [-0.4, -0.2) is 17.6 Å². The molecule has 0 aromatic rings. The van der Waals surface area contributed by atoms with Crippen LogP contribution in [0.25, 0.3) is 0 Å². The largest absolute Gasteiger partial charge is 0.285 e. The van der Waals surface area contributed by atoms with Crippen molar-refractivity contribution in [2.75, 3.05) is 0 Å². The van der Waals surface area contributed by atoms with Crippen LogP contribution in [0.15, 0.2) is 40.0 Å². The summed E-state index contributed by atoms with van der Waals surface area (Å²) in [6, 6.07) is 2.48. The molecule has 0 bridgehead atoms. The lowest BCUT2D eigenvalue weighted by atomic mass is 9.87. The maximum absolute atomic E-state index is 9.38. The van der Waals surface area contributed by atoms with Crippen molar-refractivity contribution in [2.45, 2.75) is 46.1 Å². The highest BCUT2D eigenvalue weighted by atomic mass is 14.8. The van der Waals surface area contributed by atoms with Crippen molar-refractivity contribution in [3.8, 4) is 6.07 Å². The molecule has 1 unspecified atom stereocenters. The third kappa shape index (κ3) is 3.53. The van der Waals surface area contributed by atoms with Crippen molar-refractivity contribution in [3.05, 3.63) is 30.0 Å². The average molecular weight is 255 g/mol. The maximum Gasteiger partial charge on any atom is 0.0955 e. The summed E-state index contributed by atoms with van der Waals surface area (Å²) in [4.78, 5) is 8.80. The number of allylic oxidation sites excluding steroid dienone is 1. The first kappa shape index (κ1) is 15.1. The van der Waals surface area contributed by atoms with Crippen LogP contribution in [-0.2, 0) is 0 Å². The molecule has 1 aliphatic rings. The second-order valence-corrected chi connectivity index (χ2v) is 5.02. The molecule has 1 rings (SSSR count). The number of hydrogen-bond acceptors (Lipinski definition) is 3. The van der Waals surface area contributed by atoms with Crippen LogP contribution < -0.4 is 0 Å². The number of rotatable bonds is 5. The molecule has 0 N–H and O–H groups in total. The third-order valence-electron chi connectivity index (χ3n) is 3.22. The van der Waals surface area contributed by atoms with E-state index in [1.807, 2.05) is 0 Å². The first-order valence-corrected chi connectivity index (χ1v) is 6.67. The summed E-state index contributed by atoms with van der Waals surface area (Å²) in [6.45, 7) is 13.7. The average Bonchev–Trinajstić information content (AvgIpc) is 2.38. The Hall–Kier alpha value is -1.91. The van der Waals surface area contributed by atoms with E-state index in [4.69, 9.17) is 4.99 Å². The van der Waals surface area contributed by atoms with Crippen LogP contribution in [0.3, 0.4) is 0 Å². The standard InChI is InChI=1S/C16H21N3/c1-6-8-14-16(12(5)18-7-2)13(10-17)9-15(19-14)11(3)4/h11,15H,2,5-6,8-9H2,1,3-4H3. The van der Waals surface area contributed by atoms with Crippen molar-refractivity contribution in [1.29, 1.82) is 5.26 Å². The molecule has 0 fully saturated rings. The molecule has 0 aromatic heterocycles. The van der Waals surface area contributed by atoms with Gasteiger partial charge in [0.25, 0.3) is 0 Å². The second-order valence-electron chi connectivity index (χ2n) is 5.02. The Morgan fingerprint density at radius 1 is 1.58 bits per heavy atom. The first-order chi connectivity index (χ1) is 9.04. The van der Waals surface area contributed by atoms with Crippen molar-refractivity contribution in [2.24, 2.45) is 15.9 Å². The van der Waals surface area contributed by atoms with Crippen molar-refractivity contribution < 1.29 is 0 Å². The Kier molecular flexibility index (Phi) is 5.48. The predicted octanol–water partition coefficient (Wildman–Crippen LogP) is 3.85. The van der Waals surface area contributed by atoms with Crippen LogP contribution in [0.4, 0.5) is 0 Å². The highest BCUT2D eigenvalue weighted by Gasteiger charge is 2.26. The molecule has 0 spiro atoms. The second kappa shape index (κ2) is 6.87. The number of nitrogens with zero attached hydrogens (tertiary/aromatic N) is 3. The number of aliphatic imine (C=N–C) groups is 2. The lowest BCUT2D eigenvalue weighted by Crippen LogP contribution is -2.24. The summed E-state index contributed by atoms with van der Waals surface area (Å²) in [7, 11) is 0. The van der Waals surface area contributed by atoms with Gasteiger partial charge >= 0.3 is 0 Å². The molecule has 3 heteroatoms. The molecule has 0 radical (unpaired) electrons. The normalized spacial score (nSPS) is 18.7. The predicted molar refractivity (Wildman–Crippen MR) is 80.4 cm³/mol. The highest BCUT2D eigenvalue weighted by Crippen LogP contribution is 2.30. The van der Waals surface area contributed by atoms with Crippen LogP contribution in [0.1, 0.15) is 40.0 Å². The molecular weight excluding hydrogens is 234 g/mol. The zero-order valence-electron chi connectivity index (χ0n) is 12.0. The summed E-state index contributed by atoms with van der Waals surface area (Å²) in [5.74, 6) is 2.91. The monoisotopic (exact) mass is 255 g/mol. The highest BCUT2D eigenvalue weighted by molar-refractivity contribution is 6.05. The SMILES string of the molecule is C=C=NC(=C)C1=C(C#N)CC(C(C)C)N=C1CCC. The Morgan fingerprint density at radius 3 is 2.74 bits per heavy atom. The van der Waals surface area contributed by atoms with Gasteiger partial charge in [0, 0.05) is 23.3 Å². The molecule has 1 atom stereocenters. The van der Waals surface area contributed by atoms with Gasteiger partial charge in [-0.15, -0.1) is 0 Å². The van der Waals surface area contributed by atoms with E-state index < -0.39 is 0 Å². The fourth-order valence-corrected chi connectivity index (χ4v) is 2.20. The van der Waals surface area contributed by atoms with Crippen molar-refractivity contribution >= 4 is 11.6 Å². The minimum atomic E-state index is 0.181. The van der Waals surface area contributed by atoms with E-state index >= 15 is 0 Å². The van der Waals surface area contributed by atoms with Crippen LogP contribution in [0, 0.1) is 17.2 Å². The van der Waals surface area contributed by atoms with Crippen molar-refractivity contribution in [1.82, 2.24) is 0 Å². The zero-order valence-corrected chi connectivity index (χ0v) is 12.0. The summed E-state index contributed by atoms with van der Waals surface area (Å²) < 4.78 is 0. The first-order valence-electron chi connectivity index (χ1n) is 6.67. The summed E-state index contributed by atoms with van der Waals surface area (Å²) in [5.41, 5.74) is 3.03. The van der Waals surface area contributed by atoms with Crippen LogP contribution >= 0.6 is 0 Å². The Bertz CT molecular complexity index is 509. The van der Waals surface area contributed by atoms with Gasteiger partial charge in [-0.3, -0.25) is 4.99 Å². The molecule has 100 valence electrons. The third-order valence-corrected chi connectivity index (χ3v) is 3.22. The van der Waals surface area contributed by atoms with Crippen LogP contribution in [0.5, 0.6) is 0 Å². The molecule has 0 aromatic carbocycles. The zero-order chi connectivity index (χ0) is 14.4. The van der Waals surface area contributed by atoms with E-state index in [0.717, 1.165) is 29.7 Å². The van der Waals surface area contributed by atoms with E-state index in [0.29, 0.717) is 18.0 Å². The van der Waals surface area contributed by atoms with E-state index in [2.05, 4.69) is 50.9 Å². The van der Waals surface area contributed by atoms with E-state index in [1.54, 1.807) is 0 Å². The van der Waals surface area contributed by atoms with Gasteiger partial charge in [-0.25, -0.2) is 4.99 Å². The van der Waals surface area contributed by atoms with Gasteiger partial charge in [-0.05, 0) is 24.8 Å². The number of nitriles is 1. The van der Waals surface area contributed by atoms with Gasteiger partial charge in [0.15, 0.2) is 0 Å². The van der Waals surface area contributed by atoms with Gasteiger partial charge < -0.3 is 0 Å². The van der Waals surface area contributed by atoms with Gasteiger partial charge in [0.05, 0.1) is 17.8 Å². The molecule has 1 aliphatic heterocycles. The van der Waals surface area contributed by atoms with E-state index in [9.17, 15) is 5.26 Å². The molecule has 19 heavy (non-hydrogen) atoms. The van der Waals surface area contributed by atoms with Gasteiger partial charge in [0.1, 0.15) is 0 Å². The molecule has 0 saturated carbocycles. The smallest absolute Gasteiger partial charge is 0.0955 e. The van der Waals surface area contributed by atoms with E-state index in [1.165, 1.54) is 0 Å². The molecule has 3 nitrogen and oxygen atoms in total. The fourth-order valence-electron chi connectivity index (χ4n) is 2.20. The van der Waals surface area contributed by atoms with Gasteiger partial charge in [-0.2, -0.15) is 5.26 Å². The maximum atomic E-state index is 9.38.